The monoisotopic (exact) mass is 446 g/mol. The third-order valence-electron chi connectivity index (χ3n) is 5.42. The lowest BCUT2D eigenvalue weighted by atomic mass is 9.77. The van der Waals surface area contributed by atoms with Crippen LogP contribution in [0.2, 0.25) is 0 Å². The summed E-state index contributed by atoms with van der Waals surface area (Å²) in [5.74, 6) is 0.622. The number of rotatable bonds is 5. The van der Waals surface area contributed by atoms with E-state index in [1.54, 1.807) is 6.07 Å². The number of fused-ring (bicyclic) bond motifs is 3. The molecular formula is C21H23BrN2O2S. The summed E-state index contributed by atoms with van der Waals surface area (Å²) >= 11 is 3.50. The summed E-state index contributed by atoms with van der Waals surface area (Å²) in [6.07, 6.45) is 6.21. The molecule has 2 aromatic carbocycles. The number of hydrogen-bond donors (Lipinski definition) is 2. The quantitative estimate of drug-likeness (QED) is 0.637. The molecule has 0 saturated heterocycles. The van der Waals surface area contributed by atoms with Crippen LogP contribution in [-0.2, 0) is 10.0 Å². The Morgan fingerprint density at radius 2 is 1.96 bits per heavy atom. The summed E-state index contributed by atoms with van der Waals surface area (Å²) < 4.78 is 28.8. The molecule has 4 rings (SSSR count). The van der Waals surface area contributed by atoms with Crippen LogP contribution in [-0.4, -0.2) is 15.0 Å². The van der Waals surface area contributed by atoms with E-state index in [4.69, 9.17) is 0 Å². The van der Waals surface area contributed by atoms with E-state index >= 15 is 0 Å². The minimum Gasteiger partial charge on any atom is -0.378 e. The smallest absolute Gasteiger partial charge is 0.240 e. The number of benzene rings is 2. The summed E-state index contributed by atoms with van der Waals surface area (Å²) in [6, 6.07) is 14.1. The average molecular weight is 447 g/mol. The van der Waals surface area contributed by atoms with E-state index in [1.807, 2.05) is 19.1 Å². The summed E-state index contributed by atoms with van der Waals surface area (Å²) in [6.45, 7) is 2.41. The SMILES string of the molecule is CCCNS(=O)(=O)c1ccc2c(c1)[C@H]1C=CC[C@H]1[C@H](c1ccc(Br)cc1)N2. The van der Waals surface area contributed by atoms with Crippen molar-refractivity contribution in [3.63, 3.8) is 0 Å². The molecule has 0 spiro atoms. The highest BCUT2D eigenvalue weighted by atomic mass is 79.9. The van der Waals surface area contributed by atoms with Gasteiger partial charge in [0, 0.05) is 22.6 Å². The molecule has 2 aromatic rings. The number of anilines is 1. The molecular weight excluding hydrogens is 424 g/mol. The van der Waals surface area contributed by atoms with Gasteiger partial charge in [0.2, 0.25) is 10.0 Å². The van der Waals surface area contributed by atoms with Crippen LogP contribution in [0, 0.1) is 5.92 Å². The molecule has 0 radical (unpaired) electrons. The van der Waals surface area contributed by atoms with Gasteiger partial charge in [0.25, 0.3) is 0 Å². The Labute approximate surface area is 169 Å². The molecule has 2 aliphatic rings. The van der Waals surface area contributed by atoms with E-state index in [9.17, 15) is 8.42 Å². The zero-order chi connectivity index (χ0) is 19.0. The van der Waals surface area contributed by atoms with Gasteiger partial charge in [-0.15, -0.1) is 0 Å². The van der Waals surface area contributed by atoms with Crippen LogP contribution in [0.4, 0.5) is 5.69 Å². The maximum atomic E-state index is 12.5. The molecule has 1 aliphatic carbocycles. The van der Waals surface area contributed by atoms with E-state index < -0.39 is 10.0 Å². The van der Waals surface area contributed by atoms with E-state index in [0.29, 0.717) is 17.4 Å². The fourth-order valence-electron chi connectivity index (χ4n) is 4.06. The van der Waals surface area contributed by atoms with E-state index in [-0.39, 0.29) is 12.0 Å². The molecule has 0 unspecified atom stereocenters. The van der Waals surface area contributed by atoms with Crippen molar-refractivity contribution in [2.75, 3.05) is 11.9 Å². The maximum absolute atomic E-state index is 12.5. The molecule has 3 atom stereocenters. The average Bonchev–Trinajstić information content (AvgIpc) is 3.16. The fourth-order valence-corrected chi connectivity index (χ4v) is 5.49. The zero-order valence-electron chi connectivity index (χ0n) is 15.2. The van der Waals surface area contributed by atoms with Gasteiger partial charge in [-0.2, -0.15) is 0 Å². The van der Waals surface area contributed by atoms with Crippen molar-refractivity contribution in [1.29, 1.82) is 0 Å². The second kappa shape index (κ2) is 7.41. The number of halogens is 1. The summed E-state index contributed by atoms with van der Waals surface area (Å²) in [4.78, 5) is 0.345. The third kappa shape index (κ3) is 3.58. The van der Waals surface area contributed by atoms with Gasteiger partial charge in [0.1, 0.15) is 0 Å². The molecule has 0 amide bonds. The van der Waals surface area contributed by atoms with Crippen LogP contribution in [0.5, 0.6) is 0 Å². The van der Waals surface area contributed by atoms with Crippen molar-refractivity contribution in [1.82, 2.24) is 4.72 Å². The van der Waals surface area contributed by atoms with Crippen molar-refractivity contribution >= 4 is 31.6 Å². The Balaban J connectivity index is 1.70. The molecule has 6 heteroatoms. The summed E-state index contributed by atoms with van der Waals surface area (Å²) in [5, 5.41) is 3.66. The van der Waals surface area contributed by atoms with Gasteiger partial charge < -0.3 is 5.32 Å². The van der Waals surface area contributed by atoms with Gasteiger partial charge in [-0.1, -0.05) is 47.1 Å². The topological polar surface area (TPSA) is 58.2 Å². The van der Waals surface area contributed by atoms with Crippen LogP contribution in [0.25, 0.3) is 0 Å². The van der Waals surface area contributed by atoms with Gasteiger partial charge in [0.15, 0.2) is 0 Å². The Hall–Kier alpha value is -1.63. The standard InChI is InChI=1S/C21H23BrN2O2S/c1-2-12-23-27(25,26)16-10-11-20-19(13-16)17-4-3-5-18(17)21(24-20)14-6-8-15(22)9-7-14/h3-4,6-11,13,17-18,21,23-24H,2,5,12H2,1H3/t17-,18+,21-/m0/s1. The van der Waals surface area contributed by atoms with E-state index in [0.717, 1.165) is 28.6 Å². The molecule has 1 heterocycles. The molecule has 1 aliphatic heterocycles. The molecule has 0 aromatic heterocycles. The van der Waals surface area contributed by atoms with Crippen LogP contribution < -0.4 is 10.0 Å². The van der Waals surface area contributed by atoms with Crippen molar-refractivity contribution < 1.29 is 8.42 Å². The minimum absolute atomic E-state index is 0.214. The third-order valence-corrected chi connectivity index (χ3v) is 7.40. The van der Waals surface area contributed by atoms with Crippen molar-refractivity contribution in [2.24, 2.45) is 5.92 Å². The van der Waals surface area contributed by atoms with Crippen molar-refractivity contribution in [3.05, 3.63) is 70.2 Å². The van der Waals surface area contributed by atoms with Gasteiger partial charge in [-0.05, 0) is 60.2 Å². The Morgan fingerprint density at radius 1 is 1.19 bits per heavy atom. The van der Waals surface area contributed by atoms with Crippen molar-refractivity contribution in [3.8, 4) is 0 Å². The van der Waals surface area contributed by atoms with Gasteiger partial charge >= 0.3 is 0 Å². The summed E-state index contributed by atoms with van der Waals surface area (Å²) in [5.41, 5.74) is 3.34. The van der Waals surface area contributed by atoms with Crippen molar-refractivity contribution in [2.45, 2.75) is 36.6 Å². The lowest BCUT2D eigenvalue weighted by molar-refractivity contribution is 0.425. The van der Waals surface area contributed by atoms with Gasteiger partial charge in [0.05, 0.1) is 10.9 Å². The zero-order valence-corrected chi connectivity index (χ0v) is 17.6. The first-order chi connectivity index (χ1) is 13.0. The highest BCUT2D eigenvalue weighted by molar-refractivity contribution is 9.10. The van der Waals surface area contributed by atoms with Crippen LogP contribution in [0.15, 0.2) is 64.0 Å². The highest BCUT2D eigenvalue weighted by Gasteiger charge is 2.38. The molecule has 27 heavy (non-hydrogen) atoms. The highest BCUT2D eigenvalue weighted by Crippen LogP contribution is 2.50. The Bertz CT molecular complexity index is 970. The number of sulfonamides is 1. The van der Waals surface area contributed by atoms with Crippen LogP contribution >= 0.6 is 15.9 Å². The first-order valence-corrected chi connectivity index (χ1v) is 11.6. The van der Waals surface area contributed by atoms with Crippen LogP contribution in [0.3, 0.4) is 0 Å². The molecule has 0 saturated carbocycles. The Morgan fingerprint density at radius 3 is 2.70 bits per heavy atom. The largest absolute Gasteiger partial charge is 0.378 e. The summed E-state index contributed by atoms with van der Waals surface area (Å²) in [7, 11) is -3.46. The second-order valence-corrected chi connectivity index (χ2v) is 9.86. The lowest BCUT2D eigenvalue weighted by Crippen LogP contribution is -2.30. The number of nitrogens with one attached hydrogen (secondary N) is 2. The van der Waals surface area contributed by atoms with Gasteiger partial charge in [-0.3, -0.25) is 0 Å². The number of allylic oxidation sites excluding steroid dienone is 2. The first kappa shape index (κ1) is 18.7. The predicted molar refractivity (Wildman–Crippen MR) is 112 cm³/mol. The molecule has 4 nitrogen and oxygen atoms in total. The molecule has 0 fully saturated rings. The molecule has 0 bridgehead atoms. The van der Waals surface area contributed by atoms with E-state index in [2.05, 4.69) is 62.4 Å². The van der Waals surface area contributed by atoms with Gasteiger partial charge in [-0.25, -0.2) is 13.1 Å². The fraction of sp³-hybridized carbons (Fsp3) is 0.333. The maximum Gasteiger partial charge on any atom is 0.240 e. The first-order valence-electron chi connectivity index (χ1n) is 9.32. The predicted octanol–water partition coefficient (Wildman–Crippen LogP) is 4.96. The minimum atomic E-state index is -3.46. The van der Waals surface area contributed by atoms with E-state index in [1.165, 1.54) is 5.56 Å². The second-order valence-electron chi connectivity index (χ2n) is 7.17. The number of hydrogen-bond acceptors (Lipinski definition) is 3. The normalized spacial score (nSPS) is 23.6. The Kier molecular flexibility index (Phi) is 5.14. The molecule has 142 valence electrons. The lowest BCUT2D eigenvalue weighted by Gasteiger charge is -2.37. The molecule has 2 N–H and O–H groups in total. The van der Waals surface area contributed by atoms with Crippen LogP contribution in [0.1, 0.15) is 42.9 Å².